The molecule has 0 aliphatic rings. The fourth-order valence-electron chi connectivity index (χ4n) is 4.97. The van der Waals surface area contributed by atoms with Gasteiger partial charge in [-0.2, -0.15) is 10.1 Å². The Kier molecular flexibility index (Phi) is 4.73. The van der Waals surface area contributed by atoms with E-state index in [2.05, 4.69) is 89.3 Å². The predicted molar refractivity (Wildman–Crippen MR) is 134 cm³/mol. The summed E-state index contributed by atoms with van der Waals surface area (Å²) < 4.78 is 3.89. The van der Waals surface area contributed by atoms with Crippen LogP contribution in [0.25, 0.3) is 28.0 Å². The molecule has 0 saturated heterocycles. The molecule has 3 heterocycles. The van der Waals surface area contributed by atoms with E-state index in [9.17, 15) is 0 Å². The average Bonchev–Trinajstić information content (AvgIpc) is 3.34. The summed E-state index contributed by atoms with van der Waals surface area (Å²) in [5.41, 5.74) is 8.26. The van der Waals surface area contributed by atoms with Crippen LogP contribution < -0.4 is 0 Å². The molecule has 0 N–H and O–H groups in total. The molecule has 0 atom stereocenters. The van der Waals surface area contributed by atoms with Crippen molar-refractivity contribution in [2.75, 3.05) is 0 Å². The Bertz CT molecular complexity index is 1590. The minimum Gasteiger partial charge on any atom is -0.327 e. The van der Waals surface area contributed by atoms with Crippen molar-refractivity contribution in [3.05, 3.63) is 113 Å². The van der Waals surface area contributed by atoms with Gasteiger partial charge in [-0.25, -0.2) is 4.68 Å². The molecule has 34 heavy (non-hydrogen) atoms. The van der Waals surface area contributed by atoms with E-state index in [1.807, 2.05) is 36.0 Å². The minimum absolute atomic E-state index is 0.0606. The third-order valence-electron chi connectivity index (χ3n) is 6.59. The van der Waals surface area contributed by atoms with E-state index in [-0.39, 0.29) is 5.92 Å². The highest BCUT2D eigenvalue weighted by Gasteiger charge is 2.26. The Morgan fingerprint density at radius 2 is 1.35 bits per heavy atom. The topological polar surface area (TPSA) is 61.4 Å². The molecule has 0 aliphatic carbocycles. The monoisotopic (exact) mass is 444 g/mol. The molecule has 0 bridgehead atoms. The highest BCUT2D eigenvalue weighted by atomic mass is 15.4. The third kappa shape index (κ3) is 3.10. The van der Waals surface area contributed by atoms with Crippen LogP contribution in [0.3, 0.4) is 0 Å². The van der Waals surface area contributed by atoms with Gasteiger partial charge < -0.3 is 4.57 Å². The van der Waals surface area contributed by atoms with Crippen molar-refractivity contribution >= 4 is 22.1 Å². The van der Waals surface area contributed by atoms with E-state index in [1.54, 1.807) is 0 Å². The van der Waals surface area contributed by atoms with E-state index in [0.717, 1.165) is 39.0 Å². The van der Waals surface area contributed by atoms with Crippen molar-refractivity contribution in [1.29, 1.82) is 0 Å². The second kappa shape index (κ2) is 7.92. The number of nitrogens with zero attached hydrogens (tertiary/aromatic N) is 6. The summed E-state index contributed by atoms with van der Waals surface area (Å²) in [5.74, 6) is 0.538. The molecule has 6 nitrogen and oxygen atoms in total. The van der Waals surface area contributed by atoms with Crippen molar-refractivity contribution in [3.8, 4) is 5.95 Å². The SMILES string of the molecule is Cc1nn(-c2nnc3c4ccccc4n(C)c3n2)c(C)c1C(c1ccccc1)c1ccccc1. The standard InChI is InChI=1S/C28H24N6/c1-18-24(25(20-12-6-4-7-13-20)21-14-8-5-9-15-21)19(2)34(32-18)28-29-27-26(30-31-28)22-16-10-11-17-23(22)33(27)3/h4-17,25H,1-3H3. The molecule has 6 heteroatoms. The van der Waals surface area contributed by atoms with Crippen LogP contribution in [0.4, 0.5) is 0 Å². The Hall–Kier alpha value is -4.32. The predicted octanol–water partition coefficient (Wildman–Crippen LogP) is 5.50. The number of fused-ring (bicyclic) bond motifs is 3. The maximum Gasteiger partial charge on any atom is 0.272 e. The quantitative estimate of drug-likeness (QED) is 0.360. The lowest BCUT2D eigenvalue weighted by atomic mass is 9.84. The van der Waals surface area contributed by atoms with E-state index >= 15 is 0 Å². The van der Waals surface area contributed by atoms with Crippen LogP contribution in [0.15, 0.2) is 84.9 Å². The normalized spacial score (nSPS) is 11.6. The first kappa shape index (κ1) is 20.3. The fourth-order valence-corrected chi connectivity index (χ4v) is 4.97. The first-order valence-electron chi connectivity index (χ1n) is 11.4. The zero-order valence-corrected chi connectivity index (χ0v) is 19.3. The van der Waals surface area contributed by atoms with Crippen LogP contribution in [0.1, 0.15) is 34.0 Å². The lowest BCUT2D eigenvalue weighted by Crippen LogP contribution is -2.09. The van der Waals surface area contributed by atoms with Crippen LogP contribution >= 0.6 is 0 Å². The summed E-state index contributed by atoms with van der Waals surface area (Å²) in [5, 5.41) is 15.0. The van der Waals surface area contributed by atoms with Gasteiger partial charge in [0.1, 0.15) is 5.52 Å². The minimum atomic E-state index is 0.0606. The number of benzene rings is 3. The first-order valence-corrected chi connectivity index (χ1v) is 11.4. The van der Waals surface area contributed by atoms with Gasteiger partial charge in [-0.15, -0.1) is 10.2 Å². The highest BCUT2D eigenvalue weighted by molar-refractivity contribution is 6.03. The Labute approximate surface area is 197 Å². The second-order valence-corrected chi connectivity index (χ2v) is 8.61. The molecule has 0 amide bonds. The zero-order chi connectivity index (χ0) is 23.2. The van der Waals surface area contributed by atoms with Gasteiger partial charge in [-0.05, 0) is 31.0 Å². The van der Waals surface area contributed by atoms with Gasteiger partial charge in [0.25, 0.3) is 5.95 Å². The van der Waals surface area contributed by atoms with Crippen molar-refractivity contribution in [2.45, 2.75) is 19.8 Å². The van der Waals surface area contributed by atoms with Gasteiger partial charge in [0.2, 0.25) is 0 Å². The van der Waals surface area contributed by atoms with E-state index < -0.39 is 0 Å². The molecule has 0 saturated carbocycles. The van der Waals surface area contributed by atoms with Crippen LogP contribution in [-0.4, -0.2) is 29.5 Å². The van der Waals surface area contributed by atoms with Gasteiger partial charge in [-0.3, -0.25) is 0 Å². The lowest BCUT2D eigenvalue weighted by molar-refractivity contribution is 0.751. The van der Waals surface area contributed by atoms with Crippen LogP contribution in [0.5, 0.6) is 0 Å². The summed E-state index contributed by atoms with van der Waals surface area (Å²) in [6.45, 7) is 4.14. The highest BCUT2D eigenvalue weighted by Crippen LogP contribution is 2.36. The zero-order valence-electron chi connectivity index (χ0n) is 19.3. The second-order valence-electron chi connectivity index (χ2n) is 8.61. The molecule has 3 aromatic carbocycles. The fraction of sp³-hybridized carbons (Fsp3) is 0.143. The number of aryl methyl sites for hydroxylation is 2. The molecule has 6 rings (SSSR count). The van der Waals surface area contributed by atoms with Crippen LogP contribution in [-0.2, 0) is 7.05 Å². The summed E-state index contributed by atoms with van der Waals surface area (Å²) in [6, 6.07) is 29.3. The maximum atomic E-state index is 4.89. The maximum absolute atomic E-state index is 4.89. The number of aromatic nitrogens is 6. The van der Waals surface area contributed by atoms with Crippen LogP contribution in [0, 0.1) is 13.8 Å². The number of para-hydroxylation sites is 1. The van der Waals surface area contributed by atoms with E-state index in [0.29, 0.717) is 5.95 Å². The Morgan fingerprint density at radius 1 is 0.735 bits per heavy atom. The van der Waals surface area contributed by atoms with Gasteiger partial charge in [0.15, 0.2) is 5.65 Å². The molecule has 3 aromatic heterocycles. The molecule has 0 unspecified atom stereocenters. The third-order valence-corrected chi connectivity index (χ3v) is 6.59. The first-order chi connectivity index (χ1) is 16.6. The molecule has 0 radical (unpaired) electrons. The largest absolute Gasteiger partial charge is 0.327 e. The van der Waals surface area contributed by atoms with Gasteiger partial charge >= 0.3 is 0 Å². The molecular weight excluding hydrogens is 420 g/mol. The van der Waals surface area contributed by atoms with Crippen molar-refractivity contribution in [2.24, 2.45) is 7.05 Å². The van der Waals surface area contributed by atoms with Crippen molar-refractivity contribution in [3.63, 3.8) is 0 Å². The summed E-state index contributed by atoms with van der Waals surface area (Å²) in [4.78, 5) is 4.89. The molecule has 0 aliphatic heterocycles. The number of rotatable bonds is 4. The molecule has 0 spiro atoms. The molecular formula is C28H24N6. The van der Waals surface area contributed by atoms with Crippen molar-refractivity contribution in [1.82, 2.24) is 29.5 Å². The Balaban J connectivity index is 1.54. The molecule has 0 fully saturated rings. The van der Waals surface area contributed by atoms with Gasteiger partial charge in [0.05, 0.1) is 11.2 Å². The summed E-state index contributed by atoms with van der Waals surface area (Å²) >= 11 is 0. The van der Waals surface area contributed by atoms with Crippen molar-refractivity contribution < 1.29 is 0 Å². The molecule has 166 valence electrons. The van der Waals surface area contributed by atoms with Gasteiger partial charge in [0, 0.05) is 29.6 Å². The van der Waals surface area contributed by atoms with Crippen LogP contribution in [0.2, 0.25) is 0 Å². The summed E-state index contributed by atoms with van der Waals surface area (Å²) in [6.07, 6.45) is 0. The molecule has 6 aromatic rings. The lowest BCUT2D eigenvalue weighted by Gasteiger charge is -2.19. The smallest absolute Gasteiger partial charge is 0.272 e. The summed E-state index contributed by atoms with van der Waals surface area (Å²) in [7, 11) is 2.01. The van der Waals surface area contributed by atoms with Gasteiger partial charge in [-0.1, -0.05) is 78.9 Å². The number of hydrogen-bond donors (Lipinski definition) is 0. The average molecular weight is 445 g/mol. The number of hydrogen-bond acceptors (Lipinski definition) is 4. The Morgan fingerprint density at radius 3 is 2.03 bits per heavy atom. The van der Waals surface area contributed by atoms with E-state index in [1.165, 1.54) is 11.1 Å². The van der Waals surface area contributed by atoms with E-state index in [4.69, 9.17) is 10.1 Å².